The predicted octanol–water partition coefficient (Wildman–Crippen LogP) is 1.33. The number of aromatic nitrogens is 2. The SMILES string of the molecule is CCC(CC)NCCn1cnc(C)cc1=O. The van der Waals surface area contributed by atoms with Gasteiger partial charge in [0.25, 0.3) is 5.56 Å². The average Bonchev–Trinajstić information content (AvgIpc) is 2.27. The summed E-state index contributed by atoms with van der Waals surface area (Å²) in [6.07, 6.45) is 3.86. The van der Waals surface area contributed by atoms with E-state index in [2.05, 4.69) is 24.1 Å². The molecule has 1 rings (SSSR count). The monoisotopic (exact) mass is 223 g/mol. The van der Waals surface area contributed by atoms with Gasteiger partial charge in [-0.3, -0.25) is 9.36 Å². The highest BCUT2D eigenvalue weighted by molar-refractivity contribution is 4.95. The van der Waals surface area contributed by atoms with Gasteiger partial charge in [0.05, 0.1) is 6.33 Å². The Morgan fingerprint density at radius 2 is 2.12 bits per heavy atom. The highest BCUT2D eigenvalue weighted by Gasteiger charge is 2.02. The third-order valence-electron chi connectivity index (χ3n) is 2.79. The summed E-state index contributed by atoms with van der Waals surface area (Å²) in [4.78, 5) is 15.7. The lowest BCUT2D eigenvalue weighted by Gasteiger charge is -2.14. The maximum Gasteiger partial charge on any atom is 0.253 e. The first-order valence-corrected chi connectivity index (χ1v) is 5.93. The summed E-state index contributed by atoms with van der Waals surface area (Å²) in [5.41, 5.74) is 0.799. The van der Waals surface area contributed by atoms with Gasteiger partial charge < -0.3 is 5.32 Å². The Kier molecular flexibility index (Phi) is 5.19. The van der Waals surface area contributed by atoms with Gasteiger partial charge in [-0.25, -0.2) is 4.98 Å². The van der Waals surface area contributed by atoms with Crippen molar-refractivity contribution in [2.24, 2.45) is 0 Å². The molecule has 16 heavy (non-hydrogen) atoms. The maximum absolute atomic E-state index is 11.6. The highest BCUT2D eigenvalue weighted by atomic mass is 16.1. The van der Waals surface area contributed by atoms with Crippen LogP contribution >= 0.6 is 0 Å². The second kappa shape index (κ2) is 6.43. The van der Waals surface area contributed by atoms with E-state index in [0.717, 1.165) is 25.1 Å². The molecule has 4 nitrogen and oxygen atoms in total. The first-order chi connectivity index (χ1) is 7.67. The molecule has 0 amide bonds. The molecule has 1 N–H and O–H groups in total. The molecule has 1 heterocycles. The van der Waals surface area contributed by atoms with Crippen LogP contribution in [0.3, 0.4) is 0 Å². The molecule has 0 aromatic carbocycles. The summed E-state index contributed by atoms with van der Waals surface area (Å²) in [6.45, 7) is 7.66. The van der Waals surface area contributed by atoms with E-state index in [1.807, 2.05) is 6.92 Å². The Bertz CT molecular complexity index is 369. The van der Waals surface area contributed by atoms with E-state index >= 15 is 0 Å². The standard InChI is InChI=1S/C12H21N3O/c1-4-11(5-2)13-6-7-15-9-14-10(3)8-12(15)16/h8-9,11,13H,4-7H2,1-3H3. The van der Waals surface area contributed by atoms with Crippen LogP contribution in [-0.2, 0) is 6.54 Å². The molecule has 0 bridgehead atoms. The van der Waals surface area contributed by atoms with Crippen LogP contribution in [0.15, 0.2) is 17.2 Å². The van der Waals surface area contributed by atoms with Crippen LogP contribution in [0.2, 0.25) is 0 Å². The Morgan fingerprint density at radius 1 is 1.44 bits per heavy atom. The molecule has 0 spiro atoms. The minimum absolute atomic E-state index is 0.0267. The summed E-state index contributed by atoms with van der Waals surface area (Å²) in [5, 5.41) is 3.42. The summed E-state index contributed by atoms with van der Waals surface area (Å²) in [5.74, 6) is 0. The van der Waals surface area contributed by atoms with Gasteiger partial charge in [0.1, 0.15) is 0 Å². The second-order valence-electron chi connectivity index (χ2n) is 4.03. The van der Waals surface area contributed by atoms with Crippen molar-refractivity contribution < 1.29 is 0 Å². The maximum atomic E-state index is 11.6. The van der Waals surface area contributed by atoms with Crippen LogP contribution < -0.4 is 10.9 Å². The molecule has 1 aromatic heterocycles. The van der Waals surface area contributed by atoms with E-state index in [1.165, 1.54) is 0 Å². The molecule has 0 fully saturated rings. The Morgan fingerprint density at radius 3 is 2.69 bits per heavy atom. The Balaban J connectivity index is 2.46. The van der Waals surface area contributed by atoms with E-state index in [-0.39, 0.29) is 5.56 Å². The number of hydrogen-bond donors (Lipinski definition) is 1. The van der Waals surface area contributed by atoms with Crippen molar-refractivity contribution >= 4 is 0 Å². The van der Waals surface area contributed by atoms with E-state index < -0.39 is 0 Å². The number of nitrogens with zero attached hydrogens (tertiary/aromatic N) is 2. The molecule has 1 aromatic rings. The van der Waals surface area contributed by atoms with Gasteiger partial charge in [-0.1, -0.05) is 13.8 Å². The summed E-state index contributed by atoms with van der Waals surface area (Å²) < 4.78 is 1.64. The molecule has 0 radical (unpaired) electrons. The molecule has 0 saturated carbocycles. The topological polar surface area (TPSA) is 46.9 Å². The van der Waals surface area contributed by atoms with Crippen LogP contribution in [0.4, 0.5) is 0 Å². The quantitative estimate of drug-likeness (QED) is 0.791. The van der Waals surface area contributed by atoms with Crippen molar-refractivity contribution in [3.8, 4) is 0 Å². The van der Waals surface area contributed by atoms with Crippen molar-refractivity contribution in [2.75, 3.05) is 6.54 Å². The average molecular weight is 223 g/mol. The smallest absolute Gasteiger partial charge is 0.253 e. The molecule has 0 unspecified atom stereocenters. The van der Waals surface area contributed by atoms with Gasteiger partial charge in [0.15, 0.2) is 0 Å². The molecule has 0 atom stereocenters. The lowest BCUT2D eigenvalue weighted by atomic mass is 10.2. The lowest BCUT2D eigenvalue weighted by molar-refractivity contribution is 0.461. The minimum Gasteiger partial charge on any atom is -0.312 e. The largest absolute Gasteiger partial charge is 0.312 e. The number of rotatable bonds is 6. The van der Waals surface area contributed by atoms with E-state index in [1.54, 1.807) is 17.0 Å². The van der Waals surface area contributed by atoms with Crippen molar-refractivity contribution in [1.82, 2.24) is 14.9 Å². The van der Waals surface area contributed by atoms with Gasteiger partial charge in [-0.15, -0.1) is 0 Å². The van der Waals surface area contributed by atoms with E-state index in [0.29, 0.717) is 12.6 Å². The van der Waals surface area contributed by atoms with Crippen molar-refractivity contribution in [3.63, 3.8) is 0 Å². The molecule has 0 aliphatic heterocycles. The van der Waals surface area contributed by atoms with Crippen LogP contribution in [-0.4, -0.2) is 22.1 Å². The molecule has 4 heteroatoms. The molecule has 0 saturated heterocycles. The summed E-state index contributed by atoms with van der Waals surface area (Å²) >= 11 is 0. The van der Waals surface area contributed by atoms with Crippen LogP contribution in [0.1, 0.15) is 32.4 Å². The van der Waals surface area contributed by atoms with Gasteiger partial charge >= 0.3 is 0 Å². The van der Waals surface area contributed by atoms with Gasteiger partial charge in [-0.2, -0.15) is 0 Å². The Hall–Kier alpha value is -1.16. The van der Waals surface area contributed by atoms with Crippen molar-refractivity contribution in [3.05, 3.63) is 28.4 Å². The number of aryl methyl sites for hydroxylation is 1. The number of hydrogen-bond acceptors (Lipinski definition) is 3. The zero-order chi connectivity index (χ0) is 12.0. The van der Waals surface area contributed by atoms with Gasteiger partial charge in [0, 0.05) is 30.9 Å². The first-order valence-electron chi connectivity index (χ1n) is 5.93. The van der Waals surface area contributed by atoms with Gasteiger partial charge in [0.2, 0.25) is 0 Å². The normalized spacial score (nSPS) is 11.0. The summed E-state index contributed by atoms with van der Waals surface area (Å²) in [6, 6.07) is 2.12. The summed E-state index contributed by atoms with van der Waals surface area (Å²) in [7, 11) is 0. The molecule has 0 aliphatic carbocycles. The fraction of sp³-hybridized carbons (Fsp3) is 0.667. The zero-order valence-electron chi connectivity index (χ0n) is 10.4. The van der Waals surface area contributed by atoms with Crippen molar-refractivity contribution in [1.29, 1.82) is 0 Å². The lowest BCUT2D eigenvalue weighted by Crippen LogP contribution is -2.33. The van der Waals surface area contributed by atoms with Crippen molar-refractivity contribution in [2.45, 2.75) is 46.2 Å². The molecule has 90 valence electrons. The third kappa shape index (κ3) is 3.77. The zero-order valence-corrected chi connectivity index (χ0v) is 10.4. The second-order valence-corrected chi connectivity index (χ2v) is 4.03. The first kappa shape index (κ1) is 12.9. The minimum atomic E-state index is 0.0267. The van der Waals surface area contributed by atoms with E-state index in [9.17, 15) is 4.79 Å². The molecule has 0 aliphatic rings. The van der Waals surface area contributed by atoms with E-state index in [4.69, 9.17) is 0 Å². The molecular formula is C12H21N3O. The van der Waals surface area contributed by atoms with Crippen LogP contribution in [0.25, 0.3) is 0 Å². The highest BCUT2D eigenvalue weighted by Crippen LogP contribution is 1.95. The van der Waals surface area contributed by atoms with Crippen LogP contribution in [0, 0.1) is 6.92 Å². The van der Waals surface area contributed by atoms with Gasteiger partial charge in [-0.05, 0) is 19.8 Å². The Labute approximate surface area is 96.7 Å². The number of nitrogens with one attached hydrogen (secondary N) is 1. The fourth-order valence-corrected chi connectivity index (χ4v) is 1.65. The van der Waals surface area contributed by atoms with Crippen LogP contribution in [0.5, 0.6) is 0 Å². The third-order valence-corrected chi connectivity index (χ3v) is 2.79. The molecular weight excluding hydrogens is 202 g/mol. The predicted molar refractivity (Wildman–Crippen MR) is 65.6 cm³/mol. The fourth-order valence-electron chi connectivity index (χ4n) is 1.65.